The molecule has 6 nitrogen and oxygen atoms in total. The molecule has 0 heterocycles. The number of carboxylic acid groups (broad SMARTS) is 1. The van der Waals surface area contributed by atoms with E-state index < -0.39 is 12.1 Å². The lowest BCUT2D eigenvalue weighted by Crippen LogP contribution is -2.45. The Morgan fingerprint density at radius 3 is 2.61 bits per heavy atom. The number of carboxylic acids is 1. The van der Waals surface area contributed by atoms with E-state index in [0.717, 1.165) is 12.3 Å². The molecule has 2 aliphatic carbocycles. The summed E-state index contributed by atoms with van der Waals surface area (Å²) in [6.07, 6.45) is 3.40. The number of aliphatic hydroxyl groups excluding tert-OH is 1. The second kappa shape index (κ2) is 5.56. The lowest BCUT2D eigenvalue weighted by molar-refractivity contribution is -0.146. The van der Waals surface area contributed by atoms with Crippen molar-refractivity contribution in [3.8, 4) is 0 Å². The highest BCUT2D eigenvalue weighted by Gasteiger charge is 2.40. The van der Waals surface area contributed by atoms with E-state index in [0.29, 0.717) is 5.92 Å². The molecule has 6 heteroatoms. The van der Waals surface area contributed by atoms with Crippen LogP contribution in [0.2, 0.25) is 0 Å². The van der Waals surface area contributed by atoms with Crippen molar-refractivity contribution < 1.29 is 19.8 Å². The minimum Gasteiger partial charge on any atom is -0.479 e. The van der Waals surface area contributed by atoms with Crippen molar-refractivity contribution >= 4 is 12.0 Å². The summed E-state index contributed by atoms with van der Waals surface area (Å²) in [6.45, 7) is 0.167. The van der Waals surface area contributed by atoms with Crippen LogP contribution in [-0.4, -0.2) is 40.9 Å². The van der Waals surface area contributed by atoms with Gasteiger partial charge in [0, 0.05) is 19.0 Å². The number of hydrogen-bond donors (Lipinski definition) is 4. The smallest absolute Gasteiger partial charge is 0.332 e. The van der Waals surface area contributed by atoms with Gasteiger partial charge in [-0.15, -0.1) is 0 Å². The molecule has 2 fully saturated rings. The second-order valence-corrected chi connectivity index (χ2v) is 5.32. The first-order chi connectivity index (χ1) is 8.56. The molecule has 2 rings (SSSR count). The first-order valence-corrected chi connectivity index (χ1v) is 6.51. The maximum absolute atomic E-state index is 11.6. The van der Waals surface area contributed by atoms with E-state index in [1.807, 2.05) is 0 Å². The number of hydrogen-bond acceptors (Lipinski definition) is 3. The third kappa shape index (κ3) is 3.13. The molecule has 0 aromatic carbocycles. The first-order valence-electron chi connectivity index (χ1n) is 6.51. The lowest BCUT2D eigenvalue weighted by Gasteiger charge is -2.23. The van der Waals surface area contributed by atoms with Crippen LogP contribution < -0.4 is 10.6 Å². The Balaban J connectivity index is 1.62. The van der Waals surface area contributed by atoms with Gasteiger partial charge in [-0.1, -0.05) is 6.42 Å². The summed E-state index contributed by atoms with van der Waals surface area (Å²) in [7, 11) is 0. The number of aliphatic hydroxyl groups is 1. The highest BCUT2D eigenvalue weighted by Crippen LogP contribution is 2.44. The van der Waals surface area contributed by atoms with Gasteiger partial charge in [0.1, 0.15) is 0 Å². The zero-order valence-electron chi connectivity index (χ0n) is 10.3. The van der Waals surface area contributed by atoms with Crippen molar-refractivity contribution in [2.45, 2.75) is 44.2 Å². The Hall–Kier alpha value is -1.30. The fourth-order valence-corrected chi connectivity index (χ4v) is 3.09. The minimum atomic E-state index is -1.41. The summed E-state index contributed by atoms with van der Waals surface area (Å²) in [5, 5.41) is 23.0. The maximum atomic E-state index is 11.6. The fourth-order valence-electron chi connectivity index (χ4n) is 3.09. The van der Waals surface area contributed by atoms with Crippen molar-refractivity contribution in [1.29, 1.82) is 0 Å². The molecule has 0 aliphatic heterocycles. The number of rotatable bonds is 5. The minimum absolute atomic E-state index is 0.0273. The Morgan fingerprint density at radius 2 is 2.06 bits per heavy atom. The second-order valence-electron chi connectivity index (χ2n) is 5.32. The Kier molecular flexibility index (Phi) is 4.06. The van der Waals surface area contributed by atoms with Gasteiger partial charge in [-0.3, -0.25) is 0 Å². The summed E-state index contributed by atoms with van der Waals surface area (Å²) in [5.74, 6) is 0.129. The van der Waals surface area contributed by atoms with Gasteiger partial charge in [0.2, 0.25) is 0 Å². The third-order valence-electron chi connectivity index (χ3n) is 4.04. The molecule has 0 spiro atoms. The molecule has 18 heavy (non-hydrogen) atoms. The summed E-state index contributed by atoms with van der Waals surface area (Å²) in [5.41, 5.74) is 0. The quantitative estimate of drug-likeness (QED) is 0.569. The highest BCUT2D eigenvalue weighted by atomic mass is 16.4. The van der Waals surface area contributed by atoms with E-state index in [2.05, 4.69) is 10.6 Å². The van der Waals surface area contributed by atoms with E-state index in [1.54, 1.807) is 0 Å². The number of nitrogens with one attached hydrogen (secondary N) is 2. The number of amides is 2. The van der Waals surface area contributed by atoms with E-state index >= 15 is 0 Å². The van der Waals surface area contributed by atoms with Crippen LogP contribution in [0, 0.1) is 11.8 Å². The number of aliphatic carboxylic acids is 1. The standard InChI is InChI=1S/C12H20N2O4/c15-10(11(16)17)3-4-13-12(18)14-9-6-7-1-2-8(9)5-7/h7-10,15H,1-6H2,(H,16,17)(H2,13,14,18). The van der Waals surface area contributed by atoms with Gasteiger partial charge in [-0.25, -0.2) is 9.59 Å². The maximum Gasteiger partial charge on any atom is 0.332 e. The molecule has 2 saturated carbocycles. The molecule has 4 unspecified atom stereocenters. The normalized spacial score (nSPS) is 31.1. The summed E-state index contributed by atoms with van der Waals surface area (Å²) in [4.78, 5) is 21.9. The average Bonchev–Trinajstić information content (AvgIpc) is 2.90. The molecule has 2 amide bonds. The summed E-state index contributed by atoms with van der Waals surface area (Å²) in [6, 6.07) is 0.0123. The molecule has 0 aromatic rings. The molecular formula is C12H20N2O4. The van der Waals surface area contributed by atoms with E-state index in [1.165, 1.54) is 19.3 Å². The van der Waals surface area contributed by atoms with Crippen molar-refractivity contribution in [3.63, 3.8) is 0 Å². The molecule has 0 aromatic heterocycles. The monoisotopic (exact) mass is 256 g/mol. The zero-order valence-corrected chi connectivity index (χ0v) is 10.3. The number of fused-ring (bicyclic) bond motifs is 2. The first kappa shape index (κ1) is 13.1. The molecular weight excluding hydrogens is 236 g/mol. The van der Waals surface area contributed by atoms with E-state index in [4.69, 9.17) is 10.2 Å². The molecule has 102 valence electrons. The van der Waals surface area contributed by atoms with Gasteiger partial charge in [0.15, 0.2) is 6.10 Å². The number of carbonyl (C=O) groups excluding carboxylic acids is 1. The Morgan fingerprint density at radius 1 is 1.28 bits per heavy atom. The van der Waals surface area contributed by atoms with Crippen molar-refractivity contribution in [2.24, 2.45) is 11.8 Å². The number of carbonyl (C=O) groups is 2. The fraction of sp³-hybridized carbons (Fsp3) is 0.833. The highest BCUT2D eigenvalue weighted by molar-refractivity contribution is 5.74. The predicted octanol–water partition coefficient (Wildman–Crippen LogP) is 0.310. The van der Waals surface area contributed by atoms with Crippen LogP contribution in [0.3, 0.4) is 0 Å². The van der Waals surface area contributed by atoms with Crippen LogP contribution in [0.15, 0.2) is 0 Å². The predicted molar refractivity (Wildman–Crippen MR) is 64.0 cm³/mol. The van der Waals surface area contributed by atoms with Gasteiger partial charge in [0.25, 0.3) is 0 Å². The molecule has 2 bridgehead atoms. The topological polar surface area (TPSA) is 98.7 Å². The molecule has 2 aliphatic rings. The van der Waals surface area contributed by atoms with Crippen LogP contribution >= 0.6 is 0 Å². The van der Waals surface area contributed by atoms with Gasteiger partial charge in [0.05, 0.1) is 0 Å². The molecule has 0 radical (unpaired) electrons. The third-order valence-corrected chi connectivity index (χ3v) is 4.04. The molecule has 0 saturated heterocycles. The Labute approximate surface area is 106 Å². The number of urea groups is 1. The van der Waals surface area contributed by atoms with Crippen LogP contribution in [0.5, 0.6) is 0 Å². The molecule has 4 N–H and O–H groups in total. The van der Waals surface area contributed by atoms with Crippen LogP contribution in [0.4, 0.5) is 4.79 Å². The van der Waals surface area contributed by atoms with Crippen LogP contribution in [0.1, 0.15) is 32.1 Å². The Bertz CT molecular complexity index is 334. The SMILES string of the molecule is O=C(NCCC(O)C(=O)O)NC1CC2CCC1C2. The van der Waals surface area contributed by atoms with Crippen molar-refractivity contribution in [3.05, 3.63) is 0 Å². The van der Waals surface area contributed by atoms with E-state index in [-0.39, 0.29) is 25.0 Å². The zero-order chi connectivity index (χ0) is 13.1. The van der Waals surface area contributed by atoms with Gasteiger partial charge in [-0.2, -0.15) is 0 Å². The van der Waals surface area contributed by atoms with Gasteiger partial charge < -0.3 is 20.8 Å². The summed E-state index contributed by atoms with van der Waals surface area (Å²) >= 11 is 0. The van der Waals surface area contributed by atoms with Crippen molar-refractivity contribution in [1.82, 2.24) is 10.6 Å². The van der Waals surface area contributed by atoms with E-state index in [9.17, 15) is 9.59 Å². The average molecular weight is 256 g/mol. The van der Waals surface area contributed by atoms with Gasteiger partial charge in [-0.05, 0) is 31.1 Å². The molecule has 4 atom stereocenters. The van der Waals surface area contributed by atoms with Crippen LogP contribution in [-0.2, 0) is 4.79 Å². The van der Waals surface area contributed by atoms with Crippen LogP contribution in [0.25, 0.3) is 0 Å². The summed E-state index contributed by atoms with van der Waals surface area (Å²) < 4.78 is 0. The van der Waals surface area contributed by atoms with Crippen molar-refractivity contribution in [2.75, 3.05) is 6.54 Å². The van der Waals surface area contributed by atoms with Gasteiger partial charge >= 0.3 is 12.0 Å². The lowest BCUT2D eigenvalue weighted by atomic mass is 9.95. The largest absolute Gasteiger partial charge is 0.479 e.